The van der Waals surface area contributed by atoms with Crippen molar-refractivity contribution < 1.29 is 14.4 Å². The molecule has 4 aromatic rings. The van der Waals surface area contributed by atoms with E-state index in [-0.39, 0.29) is 24.4 Å². The molecule has 8 nitrogen and oxygen atoms in total. The van der Waals surface area contributed by atoms with Crippen molar-refractivity contribution in [2.24, 2.45) is 0 Å². The summed E-state index contributed by atoms with van der Waals surface area (Å²) in [5.74, 6) is -0.235. The van der Waals surface area contributed by atoms with Gasteiger partial charge in [0.2, 0.25) is 11.8 Å². The first-order chi connectivity index (χ1) is 20.0. The highest BCUT2D eigenvalue weighted by Crippen LogP contribution is 2.31. The van der Waals surface area contributed by atoms with Crippen LogP contribution in [-0.4, -0.2) is 70.0 Å². The van der Waals surface area contributed by atoms with Gasteiger partial charge >= 0.3 is 6.03 Å². The molecule has 0 bridgehead atoms. The van der Waals surface area contributed by atoms with Crippen molar-refractivity contribution in [3.8, 4) is 0 Å². The molecule has 2 aliphatic rings. The van der Waals surface area contributed by atoms with Crippen molar-refractivity contribution in [1.82, 2.24) is 25.1 Å². The molecule has 2 heterocycles. The lowest BCUT2D eigenvalue weighted by Gasteiger charge is -2.46. The maximum atomic E-state index is 14.0. The third-order valence-electron chi connectivity index (χ3n) is 8.05. The second-order valence-corrected chi connectivity index (χ2v) is 10.6. The number of hydrogen-bond acceptors (Lipinski definition) is 4. The zero-order valence-corrected chi connectivity index (χ0v) is 23.0. The van der Waals surface area contributed by atoms with Crippen molar-refractivity contribution in [1.29, 1.82) is 0 Å². The summed E-state index contributed by atoms with van der Waals surface area (Å²) in [6.07, 6.45) is -0.0533. The quantitative estimate of drug-likeness (QED) is 0.379. The van der Waals surface area contributed by atoms with E-state index >= 15 is 0 Å². The fraction of sp³-hybridized carbons (Fsp3) is 0.242. The van der Waals surface area contributed by atoms with Crippen molar-refractivity contribution in [2.45, 2.75) is 31.7 Å². The highest BCUT2D eigenvalue weighted by Gasteiger charge is 2.51. The minimum Gasteiger partial charge on any atom is -0.333 e. The first-order valence-electron chi connectivity index (χ1n) is 13.9. The molecule has 4 amide bonds. The largest absolute Gasteiger partial charge is 0.333 e. The number of piperazine rings is 1. The van der Waals surface area contributed by atoms with Gasteiger partial charge in [0, 0.05) is 26.6 Å². The van der Waals surface area contributed by atoms with Crippen LogP contribution in [-0.2, 0) is 29.1 Å². The lowest BCUT2D eigenvalue weighted by atomic mass is 9.99. The summed E-state index contributed by atoms with van der Waals surface area (Å²) in [7, 11) is 1.68. The number of urea groups is 1. The number of amides is 4. The van der Waals surface area contributed by atoms with Gasteiger partial charge in [-0.3, -0.25) is 14.6 Å². The number of benzene rings is 4. The molecule has 8 heteroatoms. The molecule has 6 rings (SSSR count). The van der Waals surface area contributed by atoms with Crippen LogP contribution < -0.4 is 5.32 Å². The second kappa shape index (κ2) is 11.4. The van der Waals surface area contributed by atoms with Crippen LogP contribution in [0.1, 0.15) is 16.7 Å². The Morgan fingerprint density at radius 2 is 1.51 bits per heavy atom. The zero-order valence-electron chi connectivity index (χ0n) is 23.0. The molecule has 2 aliphatic heterocycles. The topological polar surface area (TPSA) is 76.2 Å². The van der Waals surface area contributed by atoms with Gasteiger partial charge in [-0.2, -0.15) is 5.01 Å². The van der Waals surface area contributed by atoms with Crippen LogP contribution in [0.2, 0.25) is 0 Å². The molecule has 0 radical (unpaired) electrons. The zero-order chi connectivity index (χ0) is 28.3. The van der Waals surface area contributed by atoms with Gasteiger partial charge < -0.3 is 15.1 Å². The molecule has 2 atom stereocenters. The van der Waals surface area contributed by atoms with Crippen molar-refractivity contribution in [3.05, 3.63) is 120 Å². The van der Waals surface area contributed by atoms with E-state index in [1.54, 1.807) is 17.0 Å². The molecule has 0 aliphatic carbocycles. The molecule has 2 fully saturated rings. The van der Waals surface area contributed by atoms with E-state index < -0.39 is 12.2 Å². The Labute approximate surface area is 239 Å². The predicted molar refractivity (Wildman–Crippen MR) is 157 cm³/mol. The van der Waals surface area contributed by atoms with E-state index in [1.165, 1.54) is 5.01 Å². The second-order valence-electron chi connectivity index (χ2n) is 10.6. The highest BCUT2D eigenvalue weighted by atomic mass is 16.2. The number of rotatable bonds is 7. The lowest BCUT2D eigenvalue weighted by Crippen LogP contribution is -2.65. The Balaban J connectivity index is 1.28. The summed E-state index contributed by atoms with van der Waals surface area (Å²) in [6.45, 7) is 1.13. The maximum absolute atomic E-state index is 14.0. The smallest absolute Gasteiger partial charge is 0.332 e. The normalized spacial score (nSPS) is 19.0. The van der Waals surface area contributed by atoms with Gasteiger partial charge in [0.15, 0.2) is 0 Å². The van der Waals surface area contributed by atoms with Crippen LogP contribution in [0.15, 0.2) is 103 Å². The van der Waals surface area contributed by atoms with Gasteiger partial charge in [-0.05, 0) is 27.5 Å². The molecule has 41 heavy (non-hydrogen) atoms. The van der Waals surface area contributed by atoms with Crippen molar-refractivity contribution in [3.63, 3.8) is 0 Å². The molecule has 208 valence electrons. The Morgan fingerprint density at radius 3 is 2.27 bits per heavy atom. The van der Waals surface area contributed by atoms with E-state index in [0.29, 0.717) is 26.1 Å². The highest BCUT2D eigenvalue weighted by molar-refractivity contribution is 5.92. The Kier molecular flexibility index (Phi) is 7.39. The summed E-state index contributed by atoms with van der Waals surface area (Å²) in [4.78, 5) is 44.3. The lowest BCUT2D eigenvalue weighted by molar-refractivity contribution is -0.157. The molecular formula is C33H33N5O3. The molecule has 2 saturated heterocycles. The molecule has 0 saturated carbocycles. The van der Waals surface area contributed by atoms with E-state index in [0.717, 1.165) is 27.5 Å². The predicted octanol–water partition coefficient (Wildman–Crippen LogP) is 4.02. The third kappa shape index (κ3) is 5.38. The maximum Gasteiger partial charge on any atom is 0.332 e. The first-order valence-corrected chi connectivity index (χ1v) is 13.9. The monoisotopic (exact) mass is 547 g/mol. The molecule has 0 aromatic heterocycles. The van der Waals surface area contributed by atoms with E-state index in [9.17, 15) is 14.4 Å². The van der Waals surface area contributed by atoms with E-state index in [4.69, 9.17) is 0 Å². The minimum absolute atomic E-state index is 0.0284. The van der Waals surface area contributed by atoms with Crippen LogP contribution in [0.5, 0.6) is 0 Å². The summed E-state index contributed by atoms with van der Waals surface area (Å²) in [5.41, 5.74) is 3.02. The van der Waals surface area contributed by atoms with Gasteiger partial charge in [-0.25, -0.2) is 4.79 Å². The minimum atomic E-state index is -0.663. The molecule has 0 spiro atoms. The number of carbonyl (C=O) groups excluding carboxylic acids is 3. The summed E-state index contributed by atoms with van der Waals surface area (Å²) < 4.78 is 0. The standard InChI is InChI=1S/C33H33N5O3/c1-35(33(41)34-20-25-13-6-3-7-14-25)37-23-31(39)38-29(19-24-11-4-2-5-12-24)32(40)36(22-30(37)38)21-27-17-10-16-26-15-8-9-18-28(26)27/h2-18,29-30H,19-23H2,1H3,(H,34,41)/t29?,30-/m1/s1. The van der Waals surface area contributed by atoms with Crippen LogP contribution in [0.25, 0.3) is 10.8 Å². The fourth-order valence-corrected chi connectivity index (χ4v) is 5.93. The van der Waals surface area contributed by atoms with Gasteiger partial charge in [0.05, 0.1) is 13.1 Å². The fourth-order valence-electron chi connectivity index (χ4n) is 5.93. The Bertz CT molecular complexity index is 1560. The van der Waals surface area contributed by atoms with Crippen molar-refractivity contribution >= 4 is 28.6 Å². The third-order valence-corrected chi connectivity index (χ3v) is 8.05. The average Bonchev–Trinajstić information content (AvgIpc) is 3.34. The van der Waals surface area contributed by atoms with Crippen LogP contribution in [0.4, 0.5) is 4.79 Å². The van der Waals surface area contributed by atoms with Gasteiger partial charge in [-0.1, -0.05) is 103 Å². The summed E-state index contributed by atoms with van der Waals surface area (Å²) >= 11 is 0. The summed E-state index contributed by atoms with van der Waals surface area (Å²) in [5, 5.41) is 8.43. The molecule has 1 N–H and O–H groups in total. The van der Waals surface area contributed by atoms with Crippen LogP contribution >= 0.6 is 0 Å². The SMILES string of the molecule is CN(C(=O)NCc1ccccc1)N1CC(=O)N2C(Cc3ccccc3)C(=O)N(Cc3cccc4ccccc34)C[C@@H]21. The van der Waals surface area contributed by atoms with Crippen molar-refractivity contribution in [2.75, 3.05) is 20.1 Å². The Morgan fingerprint density at radius 1 is 0.854 bits per heavy atom. The molecule has 4 aromatic carbocycles. The van der Waals surface area contributed by atoms with Gasteiger partial charge in [0.25, 0.3) is 0 Å². The number of hydrogen-bond donors (Lipinski definition) is 1. The van der Waals surface area contributed by atoms with E-state index in [2.05, 4.69) is 29.6 Å². The number of carbonyl (C=O) groups is 3. The average molecular weight is 548 g/mol. The van der Waals surface area contributed by atoms with E-state index in [1.807, 2.05) is 83.8 Å². The van der Waals surface area contributed by atoms with Gasteiger partial charge in [-0.15, -0.1) is 0 Å². The molecule has 1 unspecified atom stereocenters. The first kappa shape index (κ1) is 26.5. The number of fused-ring (bicyclic) bond motifs is 2. The Hall–Kier alpha value is -4.69. The van der Waals surface area contributed by atoms with Gasteiger partial charge in [0.1, 0.15) is 12.2 Å². The summed E-state index contributed by atoms with van der Waals surface area (Å²) in [6, 6.07) is 32.8. The molecular weight excluding hydrogens is 514 g/mol. The van der Waals surface area contributed by atoms with Crippen LogP contribution in [0, 0.1) is 0 Å². The number of nitrogens with zero attached hydrogens (tertiary/aromatic N) is 4. The number of nitrogens with one attached hydrogen (secondary N) is 1. The van der Waals surface area contributed by atoms with Crippen LogP contribution in [0.3, 0.4) is 0 Å². The number of hydrazine groups is 1.